The zero-order chi connectivity index (χ0) is 14.5. The van der Waals surface area contributed by atoms with Gasteiger partial charge in [0.1, 0.15) is 12.7 Å². The van der Waals surface area contributed by atoms with Gasteiger partial charge in [-0.25, -0.2) is 9.67 Å². The van der Waals surface area contributed by atoms with E-state index in [1.165, 1.54) is 24.0 Å². The normalized spacial score (nSPS) is 18.8. The minimum Gasteiger partial charge on any atom is -0.381 e. The molecule has 0 amide bonds. The van der Waals surface area contributed by atoms with E-state index in [1.807, 2.05) is 0 Å². The first-order chi connectivity index (χ1) is 10.3. The van der Waals surface area contributed by atoms with Crippen molar-refractivity contribution in [1.82, 2.24) is 20.1 Å². The van der Waals surface area contributed by atoms with E-state index in [-0.39, 0.29) is 0 Å². The Morgan fingerprint density at radius 3 is 3.10 bits per heavy atom. The van der Waals surface area contributed by atoms with Gasteiger partial charge in [-0.15, -0.1) is 0 Å². The van der Waals surface area contributed by atoms with Gasteiger partial charge in [0.05, 0.1) is 12.3 Å². The first-order valence-corrected chi connectivity index (χ1v) is 7.56. The highest BCUT2D eigenvalue weighted by atomic mass is 16.5. The van der Waals surface area contributed by atoms with Gasteiger partial charge in [0.2, 0.25) is 0 Å². The minimum atomic E-state index is 0.661. The lowest BCUT2D eigenvalue weighted by Gasteiger charge is -2.22. The Hall–Kier alpha value is -1.72. The van der Waals surface area contributed by atoms with Crippen molar-refractivity contribution in [3.63, 3.8) is 0 Å². The van der Waals surface area contributed by atoms with Gasteiger partial charge in [-0.05, 0) is 42.9 Å². The third-order valence-corrected chi connectivity index (χ3v) is 3.94. The second-order valence-corrected chi connectivity index (χ2v) is 5.67. The Balaban J connectivity index is 1.55. The quantitative estimate of drug-likeness (QED) is 0.914. The molecule has 3 rings (SSSR count). The summed E-state index contributed by atoms with van der Waals surface area (Å²) in [5.74, 6) is 0.661. The van der Waals surface area contributed by atoms with Gasteiger partial charge in [0.15, 0.2) is 0 Å². The molecule has 0 saturated carbocycles. The highest BCUT2D eigenvalue weighted by Crippen LogP contribution is 2.15. The van der Waals surface area contributed by atoms with Crippen LogP contribution in [0.2, 0.25) is 0 Å². The molecule has 1 atom stereocenters. The average molecular weight is 286 g/mol. The molecule has 0 unspecified atom stereocenters. The first kappa shape index (κ1) is 14.2. The van der Waals surface area contributed by atoms with Crippen LogP contribution in [0.5, 0.6) is 0 Å². The van der Waals surface area contributed by atoms with Crippen molar-refractivity contribution in [3.8, 4) is 5.69 Å². The fourth-order valence-corrected chi connectivity index (χ4v) is 2.81. The van der Waals surface area contributed by atoms with Crippen molar-refractivity contribution in [2.75, 3.05) is 19.8 Å². The van der Waals surface area contributed by atoms with Crippen molar-refractivity contribution in [2.24, 2.45) is 5.92 Å². The number of hydrogen-bond donors (Lipinski definition) is 1. The fourth-order valence-electron chi connectivity index (χ4n) is 2.81. The maximum Gasteiger partial charge on any atom is 0.138 e. The summed E-state index contributed by atoms with van der Waals surface area (Å²) in [6, 6.07) is 6.46. The van der Waals surface area contributed by atoms with Crippen molar-refractivity contribution in [1.29, 1.82) is 0 Å². The van der Waals surface area contributed by atoms with E-state index in [4.69, 9.17) is 4.74 Å². The number of ether oxygens (including phenoxy) is 1. The number of benzene rings is 1. The van der Waals surface area contributed by atoms with Gasteiger partial charge in [-0.1, -0.05) is 12.1 Å². The third kappa shape index (κ3) is 3.68. The fraction of sp³-hybridized carbons (Fsp3) is 0.500. The molecule has 2 aromatic rings. The van der Waals surface area contributed by atoms with Crippen molar-refractivity contribution < 1.29 is 4.74 Å². The van der Waals surface area contributed by atoms with E-state index < -0.39 is 0 Å². The summed E-state index contributed by atoms with van der Waals surface area (Å²) in [4.78, 5) is 3.99. The predicted molar refractivity (Wildman–Crippen MR) is 81.3 cm³/mol. The van der Waals surface area contributed by atoms with Crippen LogP contribution in [0.1, 0.15) is 24.0 Å². The molecule has 1 aromatic carbocycles. The highest BCUT2D eigenvalue weighted by Gasteiger charge is 2.13. The van der Waals surface area contributed by atoms with E-state index >= 15 is 0 Å². The smallest absolute Gasteiger partial charge is 0.138 e. The number of nitrogens with zero attached hydrogens (tertiary/aromatic N) is 3. The number of aryl methyl sites for hydroxylation is 1. The summed E-state index contributed by atoms with van der Waals surface area (Å²) in [6.07, 6.45) is 5.75. The number of hydrogen-bond acceptors (Lipinski definition) is 4. The minimum absolute atomic E-state index is 0.661. The standard InChI is InChI=1S/C16H22N4O/c1-13-7-14(4-5-16(13)20-12-18-11-19-20)8-17-9-15-3-2-6-21-10-15/h4-5,7,11-12,15,17H,2-3,6,8-10H2,1H3/t15-/m1/s1. The SMILES string of the molecule is Cc1cc(CNC[C@H]2CCCOC2)ccc1-n1cncn1. The maximum absolute atomic E-state index is 5.51. The van der Waals surface area contributed by atoms with E-state index in [2.05, 4.69) is 40.5 Å². The lowest BCUT2D eigenvalue weighted by Crippen LogP contribution is -2.28. The third-order valence-electron chi connectivity index (χ3n) is 3.94. The molecular formula is C16H22N4O. The summed E-state index contributed by atoms with van der Waals surface area (Å²) >= 11 is 0. The van der Waals surface area contributed by atoms with Crippen molar-refractivity contribution in [3.05, 3.63) is 42.0 Å². The van der Waals surface area contributed by atoms with Crippen LogP contribution in [-0.4, -0.2) is 34.5 Å². The Morgan fingerprint density at radius 2 is 2.38 bits per heavy atom. The van der Waals surface area contributed by atoms with Gasteiger partial charge in [-0.2, -0.15) is 5.10 Å². The van der Waals surface area contributed by atoms with Crippen molar-refractivity contribution in [2.45, 2.75) is 26.3 Å². The largest absolute Gasteiger partial charge is 0.381 e. The van der Waals surface area contributed by atoms with Crippen LogP contribution in [0, 0.1) is 12.8 Å². The predicted octanol–water partition coefficient (Wildman–Crippen LogP) is 2.09. The second-order valence-electron chi connectivity index (χ2n) is 5.67. The van der Waals surface area contributed by atoms with Crippen LogP contribution in [0.4, 0.5) is 0 Å². The van der Waals surface area contributed by atoms with Crippen LogP contribution < -0.4 is 5.32 Å². The number of nitrogens with one attached hydrogen (secondary N) is 1. The average Bonchev–Trinajstić information content (AvgIpc) is 3.02. The Labute approximate surface area is 125 Å². The zero-order valence-electron chi connectivity index (χ0n) is 12.5. The Bertz CT molecular complexity index is 562. The molecule has 5 heteroatoms. The van der Waals surface area contributed by atoms with Gasteiger partial charge in [-0.3, -0.25) is 0 Å². The molecule has 2 heterocycles. The summed E-state index contributed by atoms with van der Waals surface area (Å²) in [6.45, 7) is 5.87. The zero-order valence-corrected chi connectivity index (χ0v) is 12.5. The molecule has 112 valence electrons. The van der Waals surface area contributed by atoms with E-state index in [1.54, 1.807) is 17.3 Å². The van der Waals surface area contributed by atoms with Crippen LogP contribution in [0.25, 0.3) is 5.69 Å². The number of rotatable bonds is 5. The Morgan fingerprint density at radius 1 is 1.43 bits per heavy atom. The van der Waals surface area contributed by atoms with E-state index in [0.717, 1.165) is 32.0 Å². The molecule has 0 radical (unpaired) electrons. The molecule has 1 saturated heterocycles. The first-order valence-electron chi connectivity index (χ1n) is 7.56. The molecule has 1 aliphatic heterocycles. The molecular weight excluding hydrogens is 264 g/mol. The van der Waals surface area contributed by atoms with Crippen LogP contribution in [-0.2, 0) is 11.3 Å². The van der Waals surface area contributed by atoms with Crippen LogP contribution >= 0.6 is 0 Å². The Kier molecular flexibility index (Phi) is 4.62. The van der Waals surface area contributed by atoms with E-state index in [0.29, 0.717) is 5.92 Å². The lowest BCUT2D eigenvalue weighted by molar-refractivity contribution is 0.0547. The molecule has 1 N–H and O–H groups in total. The van der Waals surface area contributed by atoms with E-state index in [9.17, 15) is 0 Å². The summed E-state index contributed by atoms with van der Waals surface area (Å²) in [5, 5.41) is 7.71. The molecule has 1 fully saturated rings. The molecule has 1 aromatic heterocycles. The highest BCUT2D eigenvalue weighted by molar-refractivity contribution is 5.41. The molecule has 21 heavy (non-hydrogen) atoms. The monoisotopic (exact) mass is 286 g/mol. The van der Waals surface area contributed by atoms with Crippen LogP contribution in [0.3, 0.4) is 0 Å². The molecule has 1 aliphatic rings. The molecule has 0 aliphatic carbocycles. The van der Waals surface area contributed by atoms with Gasteiger partial charge in [0, 0.05) is 19.7 Å². The number of aromatic nitrogens is 3. The molecule has 0 bridgehead atoms. The molecule has 5 nitrogen and oxygen atoms in total. The lowest BCUT2D eigenvalue weighted by atomic mass is 10.0. The van der Waals surface area contributed by atoms with Gasteiger partial charge < -0.3 is 10.1 Å². The summed E-state index contributed by atoms with van der Waals surface area (Å²) in [7, 11) is 0. The summed E-state index contributed by atoms with van der Waals surface area (Å²) < 4.78 is 7.30. The van der Waals surface area contributed by atoms with Gasteiger partial charge >= 0.3 is 0 Å². The van der Waals surface area contributed by atoms with Gasteiger partial charge in [0.25, 0.3) is 0 Å². The second kappa shape index (κ2) is 6.83. The van der Waals surface area contributed by atoms with Crippen molar-refractivity contribution >= 4 is 0 Å². The van der Waals surface area contributed by atoms with Crippen LogP contribution in [0.15, 0.2) is 30.9 Å². The molecule has 0 spiro atoms. The summed E-state index contributed by atoms with van der Waals surface area (Å²) in [5.41, 5.74) is 3.59. The maximum atomic E-state index is 5.51. The topological polar surface area (TPSA) is 52.0 Å².